The number of pyridine rings is 1. The third-order valence-corrected chi connectivity index (χ3v) is 4.97. The number of hydrogen-bond donors (Lipinski definition) is 0. The molecule has 0 radical (unpaired) electrons. The third-order valence-electron chi connectivity index (χ3n) is 4.97. The first-order chi connectivity index (χ1) is 12.7. The van der Waals surface area contributed by atoms with Gasteiger partial charge in [-0.15, -0.1) is 0 Å². The van der Waals surface area contributed by atoms with Crippen molar-refractivity contribution in [1.29, 1.82) is 0 Å². The van der Waals surface area contributed by atoms with Crippen molar-refractivity contribution in [1.82, 2.24) is 25.0 Å². The standard InChI is InChI=1S/C20H23N5O/c1-14-20(15(2)26-24-14)19-5-3-4-17(23-19)10-16-6-9-25(12-16)13-18-11-21-7-8-22-18/h3-5,7-8,11,16H,6,9-10,12-13H2,1-2H3. The van der Waals surface area contributed by atoms with Gasteiger partial charge in [0.2, 0.25) is 0 Å². The van der Waals surface area contributed by atoms with Gasteiger partial charge in [-0.25, -0.2) is 0 Å². The first-order valence-corrected chi connectivity index (χ1v) is 9.05. The Morgan fingerprint density at radius 2 is 2.12 bits per heavy atom. The number of likely N-dealkylation sites (tertiary alicyclic amines) is 1. The summed E-state index contributed by atoms with van der Waals surface area (Å²) in [5, 5.41) is 4.04. The average Bonchev–Trinajstić information content (AvgIpc) is 3.22. The Kier molecular flexibility index (Phi) is 4.75. The van der Waals surface area contributed by atoms with E-state index in [1.807, 2.05) is 26.1 Å². The molecule has 3 aromatic rings. The van der Waals surface area contributed by atoms with Crippen molar-refractivity contribution in [3.8, 4) is 11.3 Å². The highest BCUT2D eigenvalue weighted by atomic mass is 16.5. The van der Waals surface area contributed by atoms with Crippen LogP contribution in [0.5, 0.6) is 0 Å². The molecule has 4 heterocycles. The summed E-state index contributed by atoms with van der Waals surface area (Å²) >= 11 is 0. The minimum Gasteiger partial charge on any atom is -0.361 e. The molecule has 0 N–H and O–H groups in total. The fourth-order valence-corrected chi connectivity index (χ4v) is 3.74. The number of nitrogens with zero attached hydrogens (tertiary/aromatic N) is 5. The molecule has 0 spiro atoms. The first kappa shape index (κ1) is 16.8. The molecule has 6 nitrogen and oxygen atoms in total. The molecule has 3 aromatic heterocycles. The van der Waals surface area contributed by atoms with Crippen LogP contribution in [0.3, 0.4) is 0 Å². The maximum Gasteiger partial charge on any atom is 0.143 e. The molecule has 1 unspecified atom stereocenters. The molecule has 0 aromatic carbocycles. The Bertz CT molecular complexity index is 857. The summed E-state index contributed by atoms with van der Waals surface area (Å²) in [4.78, 5) is 15.8. The number of rotatable bonds is 5. The highest BCUT2D eigenvalue weighted by Gasteiger charge is 2.23. The maximum atomic E-state index is 5.29. The molecule has 1 atom stereocenters. The van der Waals surface area contributed by atoms with Crippen molar-refractivity contribution in [2.45, 2.75) is 33.2 Å². The number of aryl methyl sites for hydroxylation is 2. The molecule has 26 heavy (non-hydrogen) atoms. The summed E-state index contributed by atoms with van der Waals surface area (Å²) < 4.78 is 5.29. The van der Waals surface area contributed by atoms with Crippen molar-refractivity contribution in [2.75, 3.05) is 13.1 Å². The van der Waals surface area contributed by atoms with Crippen LogP contribution in [0.4, 0.5) is 0 Å². The average molecular weight is 349 g/mol. The minimum absolute atomic E-state index is 0.624. The summed E-state index contributed by atoms with van der Waals surface area (Å²) in [6.07, 6.45) is 7.51. The van der Waals surface area contributed by atoms with Gasteiger partial charge in [-0.3, -0.25) is 19.9 Å². The summed E-state index contributed by atoms with van der Waals surface area (Å²) in [5.41, 5.74) is 5.03. The molecule has 134 valence electrons. The van der Waals surface area contributed by atoms with E-state index >= 15 is 0 Å². The van der Waals surface area contributed by atoms with Crippen LogP contribution in [-0.2, 0) is 13.0 Å². The van der Waals surface area contributed by atoms with Crippen molar-refractivity contribution in [2.24, 2.45) is 5.92 Å². The van der Waals surface area contributed by atoms with Gasteiger partial charge in [0, 0.05) is 37.4 Å². The molecule has 0 bridgehead atoms. The Morgan fingerprint density at radius 3 is 2.88 bits per heavy atom. The highest BCUT2D eigenvalue weighted by Crippen LogP contribution is 2.27. The molecule has 1 saturated heterocycles. The molecule has 0 aliphatic carbocycles. The van der Waals surface area contributed by atoms with Gasteiger partial charge in [-0.05, 0) is 51.3 Å². The summed E-state index contributed by atoms with van der Waals surface area (Å²) in [7, 11) is 0. The number of hydrogen-bond acceptors (Lipinski definition) is 6. The SMILES string of the molecule is Cc1noc(C)c1-c1cccc(CC2CCN(Cc3cnccn3)C2)n1. The van der Waals surface area contributed by atoms with E-state index in [-0.39, 0.29) is 0 Å². The molecule has 1 aliphatic rings. The quantitative estimate of drug-likeness (QED) is 0.704. The van der Waals surface area contributed by atoms with Crippen molar-refractivity contribution in [3.05, 3.63) is 59.6 Å². The van der Waals surface area contributed by atoms with Gasteiger partial charge < -0.3 is 4.52 Å². The molecule has 4 rings (SSSR count). The molecule has 0 amide bonds. The molecular formula is C20H23N5O. The van der Waals surface area contributed by atoms with Crippen LogP contribution in [0.1, 0.15) is 29.3 Å². The van der Waals surface area contributed by atoms with Crippen LogP contribution >= 0.6 is 0 Å². The van der Waals surface area contributed by atoms with Crippen LogP contribution in [0.25, 0.3) is 11.3 Å². The Morgan fingerprint density at radius 1 is 1.19 bits per heavy atom. The fourth-order valence-electron chi connectivity index (χ4n) is 3.74. The second-order valence-corrected chi connectivity index (χ2v) is 7.00. The fraction of sp³-hybridized carbons (Fsp3) is 0.400. The van der Waals surface area contributed by atoms with Crippen LogP contribution in [0.15, 0.2) is 41.3 Å². The number of aromatic nitrogens is 4. The normalized spacial score (nSPS) is 17.7. The van der Waals surface area contributed by atoms with Gasteiger partial charge in [0.05, 0.1) is 22.6 Å². The van der Waals surface area contributed by atoms with E-state index < -0.39 is 0 Å². The zero-order valence-corrected chi connectivity index (χ0v) is 15.2. The van der Waals surface area contributed by atoms with Gasteiger partial charge in [-0.1, -0.05) is 11.2 Å². The van der Waals surface area contributed by atoms with E-state index in [0.717, 1.165) is 60.2 Å². The van der Waals surface area contributed by atoms with Crippen molar-refractivity contribution < 1.29 is 4.52 Å². The zero-order chi connectivity index (χ0) is 17.9. The van der Waals surface area contributed by atoms with Crippen molar-refractivity contribution in [3.63, 3.8) is 0 Å². The van der Waals surface area contributed by atoms with E-state index in [0.29, 0.717) is 5.92 Å². The van der Waals surface area contributed by atoms with Gasteiger partial charge >= 0.3 is 0 Å². The van der Waals surface area contributed by atoms with Gasteiger partial charge in [0.1, 0.15) is 5.76 Å². The minimum atomic E-state index is 0.624. The topological polar surface area (TPSA) is 67.9 Å². The summed E-state index contributed by atoms with van der Waals surface area (Å²) in [6.45, 7) is 6.95. The van der Waals surface area contributed by atoms with Gasteiger partial charge in [-0.2, -0.15) is 0 Å². The van der Waals surface area contributed by atoms with E-state index in [9.17, 15) is 0 Å². The van der Waals surface area contributed by atoms with E-state index in [1.54, 1.807) is 12.4 Å². The predicted molar refractivity (Wildman–Crippen MR) is 98.3 cm³/mol. The van der Waals surface area contributed by atoms with Crippen LogP contribution in [-0.4, -0.2) is 38.1 Å². The van der Waals surface area contributed by atoms with Gasteiger partial charge in [0.15, 0.2) is 0 Å². The largest absolute Gasteiger partial charge is 0.361 e. The lowest BCUT2D eigenvalue weighted by Crippen LogP contribution is -2.21. The lowest BCUT2D eigenvalue weighted by Gasteiger charge is -2.15. The lowest BCUT2D eigenvalue weighted by molar-refractivity contribution is 0.312. The highest BCUT2D eigenvalue weighted by molar-refractivity contribution is 5.63. The van der Waals surface area contributed by atoms with Crippen molar-refractivity contribution >= 4 is 0 Å². The van der Waals surface area contributed by atoms with E-state index in [1.165, 1.54) is 6.42 Å². The predicted octanol–water partition coefficient (Wildman–Crippen LogP) is 3.21. The molecule has 6 heteroatoms. The Balaban J connectivity index is 1.41. The zero-order valence-electron chi connectivity index (χ0n) is 15.2. The monoisotopic (exact) mass is 349 g/mol. The third kappa shape index (κ3) is 3.65. The van der Waals surface area contributed by atoms with Crippen LogP contribution in [0, 0.1) is 19.8 Å². The smallest absolute Gasteiger partial charge is 0.143 e. The van der Waals surface area contributed by atoms with Crippen LogP contribution < -0.4 is 0 Å². The molecule has 0 saturated carbocycles. The second-order valence-electron chi connectivity index (χ2n) is 7.00. The Labute approximate surface area is 153 Å². The Hall–Kier alpha value is -2.60. The maximum absolute atomic E-state index is 5.29. The van der Waals surface area contributed by atoms with E-state index in [2.05, 4.69) is 32.2 Å². The van der Waals surface area contributed by atoms with Gasteiger partial charge in [0.25, 0.3) is 0 Å². The molecule has 1 aliphatic heterocycles. The summed E-state index contributed by atoms with van der Waals surface area (Å²) in [6, 6.07) is 6.23. The molecule has 1 fully saturated rings. The van der Waals surface area contributed by atoms with E-state index in [4.69, 9.17) is 9.51 Å². The lowest BCUT2D eigenvalue weighted by atomic mass is 10.0. The van der Waals surface area contributed by atoms with Crippen LogP contribution in [0.2, 0.25) is 0 Å². The molecular weight excluding hydrogens is 326 g/mol. The second kappa shape index (κ2) is 7.33. The summed E-state index contributed by atoms with van der Waals surface area (Å²) in [5.74, 6) is 1.45. The first-order valence-electron chi connectivity index (χ1n) is 9.05.